The highest BCUT2D eigenvalue weighted by Gasteiger charge is 2.25. The van der Waals surface area contributed by atoms with E-state index in [9.17, 15) is 0 Å². The summed E-state index contributed by atoms with van der Waals surface area (Å²) in [6, 6.07) is 4.67. The standard InChI is InChI=1S/C12H19N3/c1-9-5-6-11(8-14-9)15-12-4-2-3-10(12)7-13/h5-6,8,10,12,15H,2-4,7,13H2,1H3. The van der Waals surface area contributed by atoms with Gasteiger partial charge < -0.3 is 11.1 Å². The molecule has 3 nitrogen and oxygen atoms in total. The minimum Gasteiger partial charge on any atom is -0.381 e. The number of pyridine rings is 1. The number of aromatic nitrogens is 1. The molecule has 1 aromatic rings. The number of anilines is 1. The quantitative estimate of drug-likeness (QED) is 0.792. The zero-order valence-corrected chi connectivity index (χ0v) is 9.24. The first-order chi connectivity index (χ1) is 7.29. The topological polar surface area (TPSA) is 50.9 Å². The fourth-order valence-electron chi connectivity index (χ4n) is 2.28. The average molecular weight is 205 g/mol. The van der Waals surface area contributed by atoms with Gasteiger partial charge >= 0.3 is 0 Å². The maximum atomic E-state index is 5.75. The van der Waals surface area contributed by atoms with Gasteiger partial charge in [-0.1, -0.05) is 6.42 Å². The Bertz CT molecular complexity index is 307. The molecular formula is C12H19N3. The molecule has 1 aliphatic rings. The summed E-state index contributed by atoms with van der Waals surface area (Å²) in [5.74, 6) is 0.631. The van der Waals surface area contributed by atoms with Crippen LogP contribution in [0.3, 0.4) is 0 Å². The molecule has 1 aliphatic carbocycles. The van der Waals surface area contributed by atoms with Crippen molar-refractivity contribution < 1.29 is 0 Å². The van der Waals surface area contributed by atoms with Crippen molar-refractivity contribution in [3.8, 4) is 0 Å². The first kappa shape index (κ1) is 10.4. The maximum Gasteiger partial charge on any atom is 0.0529 e. The van der Waals surface area contributed by atoms with Crippen molar-refractivity contribution in [2.75, 3.05) is 11.9 Å². The molecule has 1 fully saturated rings. The summed E-state index contributed by atoms with van der Waals surface area (Å²) in [7, 11) is 0. The Morgan fingerprint density at radius 1 is 1.47 bits per heavy atom. The van der Waals surface area contributed by atoms with E-state index < -0.39 is 0 Å². The van der Waals surface area contributed by atoms with E-state index in [0.29, 0.717) is 12.0 Å². The monoisotopic (exact) mass is 205 g/mol. The van der Waals surface area contributed by atoms with Crippen LogP contribution in [-0.4, -0.2) is 17.6 Å². The maximum absolute atomic E-state index is 5.75. The van der Waals surface area contributed by atoms with E-state index in [1.165, 1.54) is 19.3 Å². The highest BCUT2D eigenvalue weighted by atomic mass is 14.9. The highest BCUT2D eigenvalue weighted by Crippen LogP contribution is 2.27. The smallest absolute Gasteiger partial charge is 0.0529 e. The number of hydrogen-bond acceptors (Lipinski definition) is 3. The Labute approximate surface area is 91.1 Å². The molecule has 0 saturated heterocycles. The summed E-state index contributed by atoms with van der Waals surface area (Å²) in [5, 5.41) is 3.53. The Morgan fingerprint density at radius 3 is 3.00 bits per heavy atom. The summed E-state index contributed by atoms with van der Waals surface area (Å²) in [5.41, 5.74) is 7.92. The molecule has 1 heterocycles. The van der Waals surface area contributed by atoms with Crippen molar-refractivity contribution in [2.45, 2.75) is 32.2 Å². The van der Waals surface area contributed by atoms with Crippen molar-refractivity contribution in [1.29, 1.82) is 0 Å². The predicted octanol–water partition coefficient (Wildman–Crippen LogP) is 1.93. The number of hydrogen-bond donors (Lipinski definition) is 2. The van der Waals surface area contributed by atoms with Crippen molar-refractivity contribution in [3.05, 3.63) is 24.0 Å². The van der Waals surface area contributed by atoms with Crippen LogP contribution >= 0.6 is 0 Å². The summed E-state index contributed by atoms with van der Waals surface area (Å²) in [6.45, 7) is 2.79. The molecule has 0 bridgehead atoms. The first-order valence-electron chi connectivity index (χ1n) is 5.69. The van der Waals surface area contributed by atoms with E-state index >= 15 is 0 Å². The van der Waals surface area contributed by atoms with Gasteiger partial charge in [0.1, 0.15) is 0 Å². The van der Waals surface area contributed by atoms with Crippen LogP contribution in [0, 0.1) is 12.8 Å². The van der Waals surface area contributed by atoms with Gasteiger partial charge in [0.2, 0.25) is 0 Å². The molecule has 3 N–H and O–H groups in total. The third-order valence-corrected chi connectivity index (χ3v) is 3.23. The van der Waals surface area contributed by atoms with E-state index in [0.717, 1.165) is 17.9 Å². The third-order valence-electron chi connectivity index (χ3n) is 3.23. The van der Waals surface area contributed by atoms with Crippen LogP contribution in [0.25, 0.3) is 0 Å². The summed E-state index contributed by atoms with van der Waals surface area (Å²) < 4.78 is 0. The molecule has 2 unspecified atom stereocenters. The number of nitrogens with two attached hydrogens (primary N) is 1. The van der Waals surface area contributed by atoms with E-state index in [-0.39, 0.29) is 0 Å². The molecule has 1 aromatic heterocycles. The van der Waals surface area contributed by atoms with Gasteiger partial charge in [0.05, 0.1) is 11.9 Å². The number of aryl methyl sites for hydroxylation is 1. The minimum atomic E-state index is 0.541. The Hall–Kier alpha value is -1.09. The van der Waals surface area contributed by atoms with Gasteiger partial charge in [-0.25, -0.2) is 0 Å². The summed E-state index contributed by atoms with van der Waals surface area (Å²) >= 11 is 0. The molecule has 0 radical (unpaired) electrons. The van der Waals surface area contributed by atoms with E-state index in [2.05, 4.69) is 16.4 Å². The molecule has 82 valence electrons. The normalized spacial score (nSPS) is 25.5. The van der Waals surface area contributed by atoms with Crippen LogP contribution in [0.1, 0.15) is 25.0 Å². The zero-order valence-electron chi connectivity index (χ0n) is 9.24. The van der Waals surface area contributed by atoms with Gasteiger partial charge in [-0.2, -0.15) is 0 Å². The van der Waals surface area contributed by atoms with Crippen LogP contribution < -0.4 is 11.1 Å². The van der Waals surface area contributed by atoms with Crippen molar-refractivity contribution >= 4 is 5.69 Å². The second-order valence-corrected chi connectivity index (χ2v) is 4.37. The molecule has 3 heteroatoms. The average Bonchev–Trinajstić information content (AvgIpc) is 2.69. The fourth-order valence-corrected chi connectivity index (χ4v) is 2.28. The number of rotatable bonds is 3. The lowest BCUT2D eigenvalue weighted by Gasteiger charge is -2.20. The van der Waals surface area contributed by atoms with Crippen molar-refractivity contribution in [2.24, 2.45) is 11.7 Å². The molecular weight excluding hydrogens is 186 g/mol. The lowest BCUT2D eigenvalue weighted by atomic mass is 10.0. The summed E-state index contributed by atoms with van der Waals surface area (Å²) in [4.78, 5) is 4.28. The second-order valence-electron chi connectivity index (χ2n) is 4.37. The molecule has 15 heavy (non-hydrogen) atoms. The van der Waals surface area contributed by atoms with Crippen molar-refractivity contribution in [3.63, 3.8) is 0 Å². The predicted molar refractivity (Wildman–Crippen MR) is 62.8 cm³/mol. The Kier molecular flexibility index (Phi) is 3.21. The van der Waals surface area contributed by atoms with Crippen molar-refractivity contribution in [1.82, 2.24) is 4.98 Å². The molecule has 2 rings (SSSR count). The van der Waals surface area contributed by atoms with Crippen LogP contribution in [0.5, 0.6) is 0 Å². The zero-order chi connectivity index (χ0) is 10.7. The van der Waals surface area contributed by atoms with Crippen LogP contribution in [0.15, 0.2) is 18.3 Å². The fraction of sp³-hybridized carbons (Fsp3) is 0.583. The van der Waals surface area contributed by atoms with Crippen LogP contribution in [-0.2, 0) is 0 Å². The van der Waals surface area contributed by atoms with Crippen LogP contribution in [0.2, 0.25) is 0 Å². The molecule has 0 aliphatic heterocycles. The van der Waals surface area contributed by atoms with Gasteiger partial charge in [0.15, 0.2) is 0 Å². The first-order valence-corrected chi connectivity index (χ1v) is 5.69. The summed E-state index contributed by atoms with van der Waals surface area (Å²) in [6.07, 6.45) is 5.68. The van der Waals surface area contributed by atoms with E-state index in [1.807, 2.05) is 19.2 Å². The largest absolute Gasteiger partial charge is 0.381 e. The molecule has 2 atom stereocenters. The van der Waals surface area contributed by atoms with E-state index in [1.54, 1.807) is 0 Å². The molecule has 0 amide bonds. The number of nitrogens with zero attached hydrogens (tertiary/aromatic N) is 1. The third kappa shape index (κ3) is 2.48. The molecule has 1 saturated carbocycles. The molecule has 0 spiro atoms. The molecule has 0 aromatic carbocycles. The SMILES string of the molecule is Cc1ccc(NC2CCCC2CN)cn1. The highest BCUT2D eigenvalue weighted by molar-refractivity contribution is 5.42. The number of nitrogens with one attached hydrogen (secondary N) is 1. The van der Waals surface area contributed by atoms with E-state index in [4.69, 9.17) is 5.73 Å². The minimum absolute atomic E-state index is 0.541. The lowest BCUT2D eigenvalue weighted by molar-refractivity contribution is 0.516. The van der Waals surface area contributed by atoms with Crippen LogP contribution in [0.4, 0.5) is 5.69 Å². The van der Waals surface area contributed by atoms with Gasteiger partial charge in [-0.15, -0.1) is 0 Å². The Morgan fingerprint density at radius 2 is 2.33 bits per heavy atom. The second kappa shape index (κ2) is 4.62. The van der Waals surface area contributed by atoms with Gasteiger partial charge in [0.25, 0.3) is 0 Å². The van der Waals surface area contributed by atoms with Gasteiger partial charge in [-0.3, -0.25) is 4.98 Å². The Balaban J connectivity index is 1.99. The van der Waals surface area contributed by atoms with Gasteiger partial charge in [0, 0.05) is 11.7 Å². The van der Waals surface area contributed by atoms with Gasteiger partial charge in [-0.05, 0) is 44.4 Å². The lowest BCUT2D eigenvalue weighted by Crippen LogP contribution is -2.29.